The van der Waals surface area contributed by atoms with Crippen molar-refractivity contribution in [1.82, 2.24) is 0 Å². The Kier molecular flexibility index (Phi) is 6.29. The summed E-state index contributed by atoms with van der Waals surface area (Å²) in [4.78, 5) is 12.0. The highest BCUT2D eigenvalue weighted by molar-refractivity contribution is 5.76. The van der Waals surface area contributed by atoms with Gasteiger partial charge in [-0.3, -0.25) is 4.79 Å². The van der Waals surface area contributed by atoms with Gasteiger partial charge in [0.05, 0.1) is 24.2 Å². The van der Waals surface area contributed by atoms with Gasteiger partial charge in [0.1, 0.15) is 11.7 Å². The third kappa shape index (κ3) is 5.69. The van der Waals surface area contributed by atoms with Crippen molar-refractivity contribution < 1.29 is 29.2 Å². The van der Waals surface area contributed by atoms with E-state index in [0.717, 1.165) is 19.3 Å². The van der Waals surface area contributed by atoms with E-state index in [0.29, 0.717) is 5.92 Å². The predicted octanol–water partition coefficient (Wildman–Crippen LogP) is 2.01. The Morgan fingerprint density at radius 3 is 2.54 bits per heavy atom. The average Bonchev–Trinajstić information content (AvgIpc) is 3.20. The number of carbonyl (C=O) groups is 1. The molecule has 0 amide bonds. The zero-order valence-corrected chi connectivity index (χ0v) is 15.4. The van der Waals surface area contributed by atoms with Gasteiger partial charge in [-0.15, -0.1) is 0 Å². The lowest BCUT2D eigenvalue weighted by Crippen LogP contribution is -2.48. The number of aliphatic hydroxyl groups excluding tert-OH is 2. The largest absolute Gasteiger partial charge is 0.460 e. The lowest BCUT2D eigenvalue weighted by Gasteiger charge is -2.36. The van der Waals surface area contributed by atoms with E-state index in [-0.39, 0.29) is 30.5 Å². The van der Waals surface area contributed by atoms with Gasteiger partial charge in [0.2, 0.25) is 0 Å². The van der Waals surface area contributed by atoms with Crippen molar-refractivity contribution in [3.05, 3.63) is 0 Å². The van der Waals surface area contributed by atoms with E-state index in [2.05, 4.69) is 0 Å². The van der Waals surface area contributed by atoms with E-state index in [4.69, 9.17) is 14.2 Å². The van der Waals surface area contributed by atoms with Crippen LogP contribution in [0.5, 0.6) is 0 Å². The second-order valence-electron chi connectivity index (χ2n) is 8.24. The van der Waals surface area contributed by atoms with Crippen molar-refractivity contribution in [2.75, 3.05) is 0 Å². The molecule has 1 saturated heterocycles. The van der Waals surface area contributed by atoms with Crippen molar-refractivity contribution in [2.24, 2.45) is 11.8 Å². The molecule has 2 N–H and O–H groups in total. The first-order valence-corrected chi connectivity index (χ1v) is 8.96. The molecule has 2 rings (SSSR count). The Hall–Kier alpha value is -0.690. The molecule has 0 aromatic rings. The van der Waals surface area contributed by atoms with Crippen LogP contribution in [0.1, 0.15) is 60.3 Å². The second-order valence-corrected chi connectivity index (χ2v) is 8.24. The van der Waals surface area contributed by atoms with Gasteiger partial charge in [0, 0.05) is 6.42 Å². The van der Waals surface area contributed by atoms with Gasteiger partial charge in [0.15, 0.2) is 6.29 Å². The number of rotatable bonds is 6. The molecule has 2 aliphatic rings. The Morgan fingerprint density at radius 1 is 1.25 bits per heavy atom. The number of aliphatic hydroxyl groups is 2. The number of ether oxygens (including phenoxy) is 3. The van der Waals surface area contributed by atoms with Crippen LogP contribution in [0.15, 0.2) is 0 Å². The van der Waals surface area contributed by atoms with Gasteiger partial charge >= 0.3 is 5.97 Å². The monoisotopic (exact) mass is 344 g/mol. The third-order valence-corrected chi connectivity index (χ3v) is 4.63. The molecule has 7 atom stereocenters. The maximum absolute atomic E-state index is 12.0. The average molecular weight is 344 g/mol. The normalized spacial score (nSPS) is 37.8. The highest BCUT2D eigenvalue weighted by Crippen LogP contribution is 2.44. The Labute approximate surface area is 144 Å². The maximum Gasteiger partial charge on any atom is 0.309 e. The summed E-state index contributed by atoms with van der Waals surface area (Å²) in [7, 11) is 0. The quantitative estimate of drug-likeness (QED) is 0.717. The van der Waals surface area contributed by atoms with Crippen LogP contribution in [-0.4, -0.2) is 52.5 Å². The van der Waals surface area contributed by atoms with Crippen LogP contribution >= 0.6 is 0 Å². The van der Waals surface area contributed by atoms with E-state index < -0.39 is 24.1 Å². The molecule has 1 heterocycles. The van der Waals surface area contributed by atoms with E-state index in [9.17, 15) is 15.0 Å². The van der Waals surface area contributed by atoms with E-state index in [1.165, 1.54) is 0 Å². The van der Waals surface area contributed by atoms with Crippen molar-refractivity contribution >= 4 is 5.97 Å². The lowest BCUT2D eigenvalue weighted by atomic mass is 10.0. The molecule has 1 aliphatic carbocycles. The van der Waals surface area contributed by atoms with Gasteiger partial charge in [-0.2, -0.15) is 0 Å². The number of hydrogen-bond acceptors (Lipinski definition) is 6. The molecule has 24 heavy (non-hydrogen) atoms. The van der Waals surface area contributed by atoms with Crippen LogP contribution in [0.2, 0.25) is 0 Å². The summed E-state index contributed by atoms with van der Waals surface area (Å²) >= 11 is 0. The maximum atomic E-state index is 12.0. The minimum Gasteiger partial charge on any atom is -0.460 e. The summed E-state index contributed by atoms with van der Waals surface area (Å²) in [6, 6.07) is 0. The van der Waals surface area contributed by atoms with Crippen molar-refractivity contribution in [1.29, 1.82) is 0 Å². The fraction of sp³-hybridized carbons (Fsp3) is 0.944. The molecule has 0 aromatic carbocycles. The van der Waals surface area contributed by atoms with Crippen LogP contribution in [0.4, 0.5) is 0 Å². The molecule has 2 fully saturated rings. The molecule has 140 valence electrons. The minimum atomic E-state index is -0.811. The summed E-state index contributed by atoms with van der Waals surface area (Å²) in [5.74, 6) is 0.280. The third-order valence-electron chi connectivity index (χ3n) is 4.63. The standard InChI is InChI=1S/C18H32O6/c1-10(22-17-15(20)9-14(19)11(2)23-17)6-7-12-8-13(12)16(21)24-18(3,4)5/h10-15,17,19-20H,6-9H2,1-5H3/t10-,11+,12-,13+,14-,15-,17-/m1/s1. The van der Waals surface area contributed by atoms with Crippen molar-refractivity contribution in [3.8, 4) is 0 Å². The smallest absolute Gasteiger partial charge is 0.309 e. The first-order chi connectivity index (χ1) is 11.1. The van der Waals surface area contributed by atoms with Crippen LogP contribution in [0.3, 0.4) is 0 Å². The number of carbonyl (C=O) groups excluding carboxylic acids is 1. The molecule has 1 saturated carbocycles. The number of esters is 1. The second kappa shape index (κ2) is 7.68. The summed E-state index contributed by atoms with van der Waals surface area (Å²) < 4.78 is 16.7. The highest BCUT2D eigenvalue weighted by Gasteiger charge is 2.45. The summed E-state index contributed by atoms with van der Waals surface area (Å²) in [6.07, 6.45) is 0.261. The molecular formula is C18H32O6. The first kappa shape index (κ1) is 19.6. The molecule has 1 aliphatic heterocycles. The molecule has 0 bridgehead atoms. The van der Waals surface area contributed by atoms with E-state index in [1.54, 1.807) is 6.92 Å². The molecule has 6 heteroatoms. The van der Waals surface area contributed by atoms with Gasteiger partial charge in [-0.1, -0.05) is 0 Å². The first-order valence-electron chi connectivity index (χ1n) is 8.96. The van der Waals surface area contributed by atoms with Gasteiger partial charge in [-0.05, 0) is 59.8 Å². The SMILES string of the molecule is C[C@H](CC[C@@H]1C[C@@H]1C(=O)OC(C)(C)C)O[C@@H]1O[C@@H](C)[C@H](O)C[C@H]1O. The zero-order chi connectivity index (χ0) is 18.1. The molecule has 6 nitrogen and oxygen atoms in total. The molecule has 0 unspecified atom stereocenters. The van der Waals surface area contributed by atoms with Gasteiger partial charge in [0.25, 0.3) is 0 Å². The molecular weight excluding hydrogens is 312 g/mol. The fourth-order valence-electron chi connectivity index (χ4n) is 3.04. The van der Waals surface area contributed by atoms with Gasteiger partial charge < -0.3 is 24.4 Å². The van der Waals surface area contributed by atoms with Crippen LogP contribution in [0, 0.1) is 11.8 Å². The Balaban J connectivity index is 1.67. The molecule has 0 radical (unpaired) electrons. The highest BCUT2D eigenvalue weighted by atomic mass is 16.7. The van der Waals surface area contributed by atoms with Crippen LogP contribution in [-0.2, 0) is 19.0 Å². The summed E-state index contributed by atoms with van der Waals surface area (Å²) in [6.45, 7) is 9.35. The minimum absolute atomic E-state index is 0.0168. The van der Waals surface area contributed by atoms with Crippen LogP contribution < -0.4 is 0 Å². The Morgan fingerprint density at radius 2 is 1.92 bits per heavy atom. The summed E-state index contributed by atoms with van der Waals surface area (Å²) in [5, 5.41) is 19.6. The lowest BCUT2D eigenvalue weighted by molar-refractivity contribution is -0.273. The van der Waals surface area contributed by atoms with Gasteiger partial charge in [-0.25, -0.2) is 0 Å². The van der Waals surface area contributed by atoms with Crippen molar-refractivity contribution in [3.63, 3.8) is 0 Å². The molecule has 0 spiro atoms. The summed E-state index contributed by atoms with van der Waals surface area (Å²) in [5.41, 5.74) is -0.434. The zero-order valence-electron chi connectivity index (χ0n) is 15.4. The Bertz CT molecular complexity index is 432. The van der Waals surface area contributed by atoms with Crippen molar-refractivity contribution in [2.45, 2.75) is 96.6 Å². The van der Waals surface area contributed by atoms with E-state index >= 15 is 0 Å². The molecule has 0 aromatic heterocycles. The topological polar surface area (TPSA) is 85.2 Å². The van der Waals surface area contributed by atoms with E-state index in [1.807, 2.05) is 27.7 Å². The van der Waals surface area contributed by atoms with Crippen LogP contribution in [0.25, 0.3) is 0 Å². The number of hydrogen-bond donors (Lipinski definition) is 2. The predicted molar refractivity (Wildman–Crippen MR) is 88.2 cm³/mol. The fourth-order valence-corrected chi connectivity index (χ4v) is 3.04.